The van der Waals surface area contributed by atoms with Crippen LogP contribution in [-0.4, -0.2) is 37.0 Å². The Hall–Kier alpha value is -0.570. The largest absolute Gasteiger partial charge is 0.342 e. The highest BCUT2D eigenvalue weighted by Gasteiger charge is 2.53. The lowest BCUT2D eigenvalue weighted by Crippen LogP contribution is -2.49. The highest BCUT2D eigenvalue weighted by Crippen LogP contribution is 2.48. The number of rotatable bonds is 1. The molecule has 4 rings (SSSR count). The minimum Gasteiger partial charge on any atom is -0.342 e. The molecule has 4 aliphatic rings. The van der Waals surface area contributed by atoms with Gasteiger partial charge in [0.15, 0.2) is 0 Å². The van der Waals surface area contributed by atoms with Crippen LogP contribution in [0.15, 0.2) is 0 Å². The summed E-state index contributed by atoms with van der Waals surface area (Å²) in [6.45, 7) is 4.12. The maximum atomic E-state index is 13.3. The van der Waals surface area contributed by atoms with Crippen molar-refractivity contribution in [1.82, 2.24) is 10.2 Å². The van der Waals surface area contributed by atoms with E-state index in [4.69, 9.17) is 0 Å². The van der Waals surface area contributed by atoms with E-state index in [0.717, 1.165) is 32.6 Å². The Balaban J connectivity index is 1.50. The van der Waals surface area contributed by atoms with E-state index in [-0.39, 0.29) is 5.41 Å². The summed E-state index contributed by atoms with van der Waals surface area (Å²) in [5.74, 6) is 1.13. The van der Waals surface area contributed by atoms with Gasteiger partial charge in [-0.25, -0.2) is 0 Å². The first-order valence-electron chi connectivity index (χ1n) is 9.24. The summed E-state index contributed by atoms with van der Waals surface area (Å²) in [6, 6.07) is 0. The van der Waals surface area contributed by atoms with Crippen molar-refractivity contribution in [2.45, 2.75) is 64.2 Å². The van der Waals surface area contributed by atoms with Gasteiger partial charge in [-0.1, -0.05) is 32.1 Å². The second-order valence-electron chi connectivity index (χ2n) is 8.27. The van der Waals surface area contributed by atoms with E-state index in [1.165, 1.54) is 57.8 Å². The molecule has 2 aliphatic heterocycles. The van der Waals surface area contributed by atoms with E-state index in [1.54, 1.807) is 0 Å². The van der Waals surface area contributed by atoms with E-state index in [9.17, 15) is 4.79 Å². The van der Waals surface area contributed by atoms with Gasteiger partial charge in [0, 0.05) is 19.6 Å². The molecule has 2 atom stereocenters. The quantitative estimate of drug-likeness (QED) is 0.805. The number of nitrogens with zero attached hydrogens (tertiary/aromatic N) is 1. The van der Waals surface area contributed by atoms with Gasteiger partial charge in [0.05, 0.1) is 5.41 Å². The Morgan fingerprint density at radius 3 is 2.67 bits per heavy atom. The maximum absolute atomic E-state index is 13.3. The molecule has 2 saturated carbocycles. The van der Waals surface area contributed by atoms with Crippen molar-refractivity contribution in [2.75, 3.05) is 26.2 Å². The molecule has 2 heterocycles. The molecule has 0 aromatic rings. The lowest BCUT2D eigenvalue weighted by molar-refractivity contribution is -0.144. The monoisotopic (exact) mass is 290 g/mol. The smallest absolute Gasteiger partial charge is 0.230 e. The topological polar surface area (TPSA) is 32.3 Å². The van der Waals surface area contributed by atoms with Gasteiger partial charge < -0.3 is 10.2 Å². The molecule has 0 aromatic heterocycles. The molecule has 2 saturated heterocycles. The minimum absolute atomic E-state index is 0.0293. The Morgan fingerprint density at radius 2 is 1.81 bits per heavy atom. The van der Waals surface area contributed by atoms with Crippen LogP contribution in [0, 0.1) is 16.7 Å². The zero-order valence-electron chi connectivity index (χ0n) is 13.3. The molecule has 0 aromatic carbocycles. The number of carbonyl (C=O) groups is 1. The van der Waals surface area contributed by atoms with Crippen LogP contribution in [0.1, 0.15) is 64.2 Å². The number of hydrogen-bond acceptors (Lipinski definition) is 2. The number of nitrogens with one attached hydrogen (secondary N) is 1. The van der Waals surface area contributed by atoms with Crippen molar-refractivity contribution in [2.24, 2.45) is 16.7 Å². The fourth-order valence-corrected chi connectivity index (χ4v) is 5.80. The van der Waals surface area contributed by atoms with Gasteiger partial charge in [-0.05, 0) is 50.0 Å². The molecule has 0 bridgehead atoms. The number of likely N-dealkylation sites (tertiary alicyclic amines) is 1. The van der Waals surface area contributed by atoms with E-state index >= 15 is 0 Å². The Bertz CT molecular complexity index is 415. The van der Waals surface area contributed by atoms with Crippen LogP contribution in [-0.2, 0) is 4.79 Å². The van der Waals surface area contributed by atoms with Gasteiger partial charge in [0.25, 0.3) is 0 Å². The summed E-state index contributed by atoms with van der Waals surface area (Å²) in [5.41, 5.74) is 0.471. The summed E-state index contributed by atoms with van der Waals surface area (Å²) in [6.07, 6.45) is 13.2. The molecule has 1 N–H and O–H groups in total. The van der Waals surface area contributed by atoms with Crippen molar-refractivity contribution < 1.29 is 4.79 Å². The third-order valence-electron chi connectivity index (χ3n) is 7.10. The normalized spacial score (nSPS) is 38.7. The molecule has 3 nitrogen and oxygen atoms in total. The number of carbonyl (C=O) groups excluding carboxylic acids is 1. The highest BCUT2D eigenvalue weighted by atomic mass is 16.2. The molecular weight excluding hydrogens is 260 g/mol. The first-order valence-corrected chi connectivity index (χ1v) is 9.24. The molecule has 1 spiro atoms. The van der Waals surface area contributed by atoms with Crippen LogP contribution in [0.4, 0.5) is 0 Å². The molecule has 0 radical (unpaired) electrons. The standard InChI is InChI=1S/C18H30N2O/c21-16(18-9-5-2-6-15(18)12-19-13-18)20-11-10-17(14-20)7-3-1-4-8-17/h15,19H,1-14H2/t15-,18+/m0/s1. The van der Waals surface area contributed by atoms with Gasteiger partial charge in [0.1, 0.15) is 0 Å². The van der Waals surface area contributed by atoms with E-state index in [1.807, 2.05) is 0 Å². The van der Waals surface area contributed by atoms with E-state index < -0.39 is 0 Å². The SMILES string of the molecule is O=C(N1CCC2(CCCCC2)C1)[C@@]12CCCC[C@H]1CNC2. The van der Waals surface area contributed by atoms with Crippen LogP contribution in [0.5, 0.6) is 0 Å². The first-order chi connectivity index (χ1) is 10.2. The summed E-state index contributed by atoms with van der Waals surface area (Å²) in [4.78, 5) is 15.6. The third kappa shape index (κ3) is 2.23. The summed E-state index contributed by atoms with van der Waals surface area (Å²) in [7, 11) is 0. The minimum atomic E-state index is -0.0293. The third-order valence-corrected chi connectivity index (χ3v) is 7.10. The summed E-state index contributed by atoms with van der Waals surface area (Å²) < 4.78 is 0. The molecule has 0 unspecified atom stereocenters. The molecule has 21 heavy (non-hydrogen) atoms. The highest BCUT2D eigenvalue weighted by molar-refractivity contribution is 5.84. The average molecular weight is 290 g/mol. The fourth-order valence-electron chi connectivity index (χ4n) is 5.80. The lowest BCUT2D eigenvalue weighted by Gasteiger charge is -2.40. The van der Waals surface area contributed by atoms with Crippen LogP contribution < -0.4 is 5.32 Å². The van der Waals surface area contributed by atoms with Gasteiger partial charge in [-0.15, -0.1) is 0 Å². The van der Waals surface area contributed by atoms with Crippen molar-refractivity contribution >= 4 is 5.91 Å². The number of fused-ring (bicyclic) bond motifs is 1. The molecule has 2 aliphatic carbocycles. The predicted octanol–water partition coefficient (Wildman–Crippen LogP) is 2.95. The molecular formula is C18H30N2O. The fraction of sp³-hybridized carbons (Fsp3) is 0.944. The van der Waals surface area contributed by atoms with Crippen LogP contribution in [0.2, 0.25) is 0 Å². The van der Waals surface area contributed by atoms with Crippen LogP contribution >= 0.6 is 0 Å². The summed E-state index contributed by atoms with van der Waals surface area (Å²) >= 11 is 0. The van der Waals surface area contributed by atoms with Crippen LogP contribution in [0.25, 0.3) is 0 Å². The van der Waals surface area contributed by atoms with Crippen molar-refractivity contribution in [1.29, 1.82) is 0 Å². The van der Waals surface area contributed by atoms with Gasteiger partial charge in [-0.3, -0.25) is 4.79 Å². The lowest BCUT2D eigenvalue weighted by atomic mass is 9.67. The molecule has 3 heteroatoms. The molecule has 118 valence electrons. The summed E-state index contributed by atoms with van der Waals surface area (Å²) in [5, 5.41) is 3.53. The van der Waals surface area contributed by atoms with Gasteiger partial charge >= 0.3 is 0 Å². The predicted molar refractivity (Wildman–Crippen MR) is 84.0 cm³/mol. The Kier molecular flexibility index (Phi) is 3.52. The van der Waals surface area contributed by atoms with Gasteiger partial charge in [-0.2, -0.15) is 0 Å². The van der Waals surface area contributed by atoms with E-state index in [0.29, 0.717) is 17.2 Å². The van der Waals surface area contributed by atoms with Crippen molar-refractivity contribution in [3.8, 4) is 0 Å². The average Bonchev–Trinajstić information content (AvgIpc) is 3.13. The molecule has 1 amide bonds. The van der Waals surface area contributed by atoms with Crippen molar-refractivity contribution in [3.63, 3.8) is 0 Å². The zero-order valence-corrected chi connectivity index (χ0v) is 13.3. The maximum Gasteiger partial charge on any atom is 0.230 e. The second-order valence-corrected chi connectivity index (χ2v) is 8.27. The van der Waals surface area contributed by atoms with Gasteiger partial charge in [0.2, 0.25) is 5.91 Å². The van der Waals surface area contributed by atoms with E-state index in [2.05, 4.69) is 10.2 Å². The molecule has 4 fully saturated rings. The Labute approximate surface area is 128 Å². The second kappa shape index (κ2) is 5.26. The number of amides is 1. The van der Waals surface area contributed by atoms with Crippen LogP contribution in [0.3, 0.4) is 0 Å². The zero-order chi connectivity index (χ0) is 14.3. The first kappa shape index (κ1) is 14.0. The van der Waals surface area contributed by atoms with Crippen molar-refractivity contribution in [3.05, 3.63) is 0 Å². The number of hydrogen-bond donors (Lipinski definition) is 1. The Morgan fingerprint density at radius 1 is 1.00 bits per heavy atom.